The lowest BCUT2D eigenvalue weighted by Crippen LogP contribution is -2.45. The number of sulfonamides is 1. The highest BCUT2D eigenvalue weighted by molar-refractivity contribution is 9.10. The van der Waals surface area contributed by atoms with E-state index in [1.165, 1.54) is 11.3 Å². The number of hydrogen-bond donors (Lipinski definition) is 2. The molecule has 0 aliphatic carbocycles. The lowest BCUT2D eigenvalue weighted by atomic mass is 10.3. The number of benzene rings is 1. The summed E-state index contributed by atoms with van der Waals surface area (Å²) >= 11 is 8.18. The van der Waals surface area contributed by atoms with Crippen molar-refractivity contribution in [1.82, 2.24) is 4.72 Å². The van der Waals surface area contributed by atoms with Crippen molar-refractivity contribution in [3.05, 3.63) is 44.2 Å². The minimum atomic E-state index is -3.58. The summed E-state index contributed by atoms with van der Waals surface area (Å²) in [6.45, 7) is -0.0597. The van der Waals surface area contributed by atoms with Crippen LogP contribution in [0.3, 0.4) is 0 Å². The van der Waals surface area contributed by atoms with Crippen LogP contribution >= 0.6 is 50.4 Å². The molecule has 2 N–H and O–H groups in total. The van der Waals surface area contributed by atoms with E-state index in [2.05, 4.69) is 21.2 Å². The summed E-state index contributed by atoms with van der Waals surface area (Å²) in [5, 5.41) is 7.16. The van der Waals surface area contributed by atoms with Gasteiger partial charge in [-0.2, -0.15) is 4.57 Å². The van der Waals surface area contributed by atoms with Gasteiger partial charge in [-0.25, -0.2) is 13.1 Å². The molecule has 0 atom stereocenters. The Bertz CT molecular complexity index is 1200. The van der Waals surface area contributed by atoms with Crippen LogP contribution in [0.1, 0.15) is 5.01 Å². The number of aromatic nitrogens is 1. The number of thiophene rings is 1. The van der Waals surface area contributed by atoms with E-state index < -0.39 is 15.9 Å². The second-order valence-electron chi connectivity index (χ2n) is 5.79. The minimum Gasteiger partial charge on any atom is -0.349 e. The summed E-state index contributed by atoms with van der Waals surface area (Å²) in [6, 6.07) is 8.05. The molecule has 11 heteroatoms. The van der Waals surface area contributed by atoms with E-state index in [9.17, 15) is 13.2 Å². The van der Waals surface area contributed by atoms with Crippen LogP contribution in [0.5, 0.6) is 0 Å². The minimum absolute atomic E-state index is 0.0597. The predicted molar refractivity (Wildman–Crippen MR) is 114 cm³/mol. The van der Waals surface area contributed by atoms with E-state index in [4.69, 9.17) is 0 Å². The fourth-order valence-corrected chi connectivity index (χ4v) is 6.68. The molecule has 0 fully saturated rings. The molecular formula is C16H13BrN3O3S4+. The zero-order valence-electron chi connectivity index (χ0n) is 13.9. The molecule has 0 spiro atoms. The van der Waals surface area contributed by atoms with Crippen LogP contribution in [-0.4, -0.2) is 20.6 Å². The first kappa shape index (κ1) is 18.9. The molecule has 0 unspecified atom stereocenters. The number of halogens is 1. The molecular weight excluding hydrogens is 490 g/mol. The van der Waals surface area contributed by atoms with E-state index in [1.807, 2.05) is 45.0 Å². The van der Waals surface area contributed by atoms with Crippen LogP contribution in [0.4, 0.5) is 5.69 Å². The Balaban J connectivity index is 1.67. The van der Waals surface area contributed by atoms with Gasteiger partial charge in [-0.05, 0) is 29.6 Å². The molecule has 0 saturated carbocycles. The molecule has 3 aromatic rings. The van der Waals surface area contributed by atoms with Gasteiger partial charge >= 0.3 is 0 Å². The zero-order valence-corrected chi connectivity index (χ0v) is 18.7. The normalized spacial score (nSPS) is 15.1. The number of hydrogen-bond acceptors (Lipinski definition) is 7. The molecule has 6 nitrogen and oxygen atoms in total. The molecule has 0 saturated heterocycles. The molecule has 4 rings (SSSR count). The summed E-state index contributed by atoms with van der Waals surface area (Å²) in [7, 11) is -3.58. The number of carbonyl (C=O) groups is 1. The van der Waals surface area contributed by atoms with Crippen molar-refractivity contribution < 1.29 is 17.8 Å². The average molecular weight is 503 g/mol. The molecule has 1 amide bonds. The lowest BCUT2D eigenvalue weighted by Gasteiger charge is -2.00. The summed E-state index contributed by atoms with van der Waals surface area (Å²) in [4.78, 5) is 14.2. The monoisotopic (exact) mass is 502 g/mol. The number of fused-ring (bicyclic) bond motifs is 2. The Morgan fingerprint density at radius 2 is 2.19 bits per heavy atom. The summed E-state index contributed by atoms with van der Waals surface area (Å²) < 4.78 is 28.6. The Labute approximate surface area is 176 Å². The van der Waals surface area contributed by atoms with Crippen molar-refractivity contribution in [3.8, 4) is 0 Å². The van der Waals surface area contributed by atoms with E-state index in [1.54, 1.807) is 23.1 Å². The third-order valence-electron chi connectivity index (χ3n) is 3.61. The van der Waals surface area contributed by atoms with Gasteiger partial charge in [-0.15, -0.1) is 0 Å². The highest BCUT2D eigenvalue weighted by atomic mass is 79.9. The van der Waals surface area contributed by atoms with Crippen LogP contribution in [0, 0.1) is 0 Å². The fourth-order valence-electron chi connectivity index (χ4n) is 2.61. The van der Waals surface area contributed by atoms with E-state index >= 15 is 0 Å². The maximum atomic E-state index is 12.1. The highest BCUT2D eigenvalue weighted by Gasteiger charge is 2.26. The van der Waals surface area contributed by atoms with E-state index in [0.717, 1.165) is 40.9 Å². The van der Waals surface area contributed by atoms with Crippen LogP contribution < -0.4 is 14.6 Å². The number of thiazole rings is 1. The molecule has 1 aliphatic rings. The van der Waals surface area contributed by atoms with Gasteiger partial charge in [-0.3, -0.25) is 4.79 Å². The third kappa shape index (κ3) is 4.21. The number of rotatable bonds is 4. The molecule has 2 aromatic heterocycles. The van der Waals surface area contributed by atoms with Crippen LogP contribution in [0.25, 0.3) is 15.6 Å². The van der Waals surface area contributed by atoms with Gasteiger partial charge in [0.25, 0.3) is 15.7 Å². The van der Waals surface area contributed by atoms with Gasteiger partial charge in [0.15, 0.2) is 0 Å². The average Bonchev–Trinajstić information content (AvgIpc) is 3.22. The second-order valence-corrected chi connectivity index (χ2v) is 11.5. The smallest absolute Gasteiger partial charge is 0.299 e. The van der Waals surface area contributed by atoms with E-state index in [0.29, 0.717) is 0 Å². The molecule has 27 heavy (non-hydrogen) atoms. The number of carbonyl (C=O) groups excluding carboxylic acids is 1. The molecule has 140 valence electrons. The van der Waals surface area contributed by atoms with Gasteiger partial charge in [0.2, 0.25) is 16.6 Å². The Morgan fingerprint density at radius 1 is 1.37 bits per heavy atom. The topological polar surface area (TPSA) is 79.2 Å². The van der Waals surface area contributed by atoms with Crippen molar-refractivity contribution in [3.63, 3.8) is 0 Å². The number of amides is 1. The van der Waals surface area contributed by atoms with Gasteiger partial charge < -0.3 is 5.32 Å². The second kappa shape index (κ2) is 7.21. The first-order valence-electron chi connectivity index (χ1n) is 7.65. The van der Waals surface area contributed by atoms with Crippen molar-refractivity contribution in [2.45, 2.75) is 11.4 Å². The van der Waals surface area contributed by atoms with Crippen molar-refractivity contribution in [1.29, 1.82) is 0 Å². The number of nitrogens with one attached hydrogen (secondary N) is 2. The summed E-state index contributed by atoms with van der Waals surface area (Å²) in [5.41, 5.74) is 1.03. The highest BCUT2D eigenvalue weighted by Crippen LogP contribution is 2.43. The van der Waals surface area contributed by atoms with Gasteiger partial charge in [0.05, 0.1) is 23.0 Å². The van der Waals surface area contributed by atoms with Crippen LogP contribution in [0.2, 0.25) is 0 Å². The van der Waals surface area contributed by atoms with Gasteiger partial charge in [-0.1, -0.05) is 50.4 Å². The summed E-state index contributed by atoms with van der Waals surface area (Å²) in [5.74, 6) is -0.561. The Hall–Kier alpha value is -1.40. The molecule has 1 aliphatic heterocycles. The van der Waals surface area contributed by atoms with Gasteiger partial charge in [0, 0.05) is 9.37 Å². The molecule has 0 radical (unpaired) electrons. The maximum Gasteiger partial charge on any atom is 0.299 e. The number of nitrogens with zero attached hydrogens (tertiary/aromatic N) is 1. The standard InChI is InChI=1S/C16H12BrN3O3S4/c1-27(22,23)19-13(21)8-20-15(26-12-4-5-24-16(12)20)7-14-18-10-6-9(17)2-3-11(10)25-14/h2-7H,8H2,1H3,(H,19,21)/p+1. The maximum absolute atomic E-state index is 12.1. The number of thioether (sulfide) groups is 1. The molecule has 0 bridgehead atoms. The predicted octanol–water partition coefficient (Wildman–Crippen LogP) is 3.60. The largest absolute Gasteiger partial charge is 0.349 e. The first-order chi connectivity index (χ1) is 12.8. The van der Waals surface area contributed by atoms with Crippen molar-refractivity contribution in [2.24, 2.45) is 0 Å². The first-order valence-corrected chi connectivity index (χ1v) is 12.8. The van der Waals surface area contributed by atoms with E-state index in [-0.39, 0.29) is 6.54 Å². The Kier molecular flexibility index (Phi) is 5.06. The van der Waals surface area contributed by atoms with Crippen molar-refractivity contribution >= 4 is 87.6 Å². The Morgan fingerprint density at radius 3 is 2.96 bits per heavy atom. The fraction of sp³-hybridized carbons (Fsp3) is 0.125. The number of anilines is 1. The zero-order chi connectivity index (χ0) is 19.2. The van der Waals surface area contributed by atoms with Crippen LogP contribution in [0.15, 0.2) is 44.0 Å². The summed E-state index contributed by atoms with van der Waals surface area (Å²) in [6.07, 6.45) is 2.96. The lowest BCUT2D eigenvalue weighted by molar-refractivity contribution is -0.653. The van der Waals surface area contributed by atoms with Crippen molar-refractivity contribution in [2.75, 3.05) is 11.6 Å². The van der Waals surface area contributed by atoms with Gasteiger partial charge in [0.1, 0.15) is 4.70 Å². The van der Waals surface area contributed by atoms with Crippen LogP contribution in [-0.2, 0) is 21.4 Å². The molecule has 3 heterocycles. The molecule has 1 aromatic carbocycles. The third-order valence-corrected chi connectivity index (χ3v) is 7.88. The quantitative estimate of drug-likeness (QED) is 0.532. The SMILES string of the molecule is CS(=O)(=O)NC(=O)C[n+]1c(/C=C2/Nc3cc(Br)ccc3S2)sc2ccsc21.